The van der Waals surface area contributed by atoms with Gasteiger partial charge >= 0.3 is 7.60 Å². The molecule has 0 spiro atoms. The largest absolute Gasteiger partial charge is 0.391 e. The third kappa shape index (κ3) is 13.7. The van der Waals surface area contributed by atoms with E-state index in [4.69, 9.17) is 19.3 Å². The first-order valence-corrected chi connectivity index (χ1v) is 10.2. The summed E-state index contributed by atoms with van der Waals surface area (Å²) < 4.78 is 21.6. The van der Waals surface area contributed by atoms with E-state index in [1.165, 1.54) is 0 Å². The summed E-state index contributed by atoms with van der Waals surface area (Å²) in [6, 6.07) is 0. The summed E-state index contributed by atoms with van der Waals surface area (Å²) in [6.07, 6.45) is -0.358. The van der Waals surface area contributed by atoms with Crippen LogP contribution in [0.4, 0.5) is 0 Å². The molecular weight excluding hydrogens is 353 g/mol. The number of nitrogens with zero attached hydrogens (tertiary/aromatic N) is 1. The molecule has 9 nitrogen and oxygen atoms in total. The maximum Gasteiger partial charge on any atom is 0.353 e. The normalized spacial score (nSPS) is 17.5. The van der Waals surface area contributed by atoms with Crippen molar-refractivity contribution in [2.24, 2.45) is 0 Å². The second-order valence-corrected chi connectivity index (χ2v) is 8.15. The van der Waals surface area contributed by atoms with E-state index in [9.17, 15) is 19.9 Å². The fourth-order valence-electron chi connectivity index (χ4n) is 2.03. The summed E-state index contributed by atoms with van der Waals surface area (Å²) in [7, 11) is -2.67. The lowest BCUT2D eigenvalue weighted by atomic mass is 10.3. The third-order valence-corrected chi connectivity index (χ3v) is 4.65. The minimum Gasteiger partial charge on any atom is -0.391 e. The van der Waals surface area contributed by atoms with E-state index in [0.717, 1.165) is 0 Å². The van der Waals surface area contributed by atoms with Crippen LogP contribution >= 0.6 is 7.60 Å². The molecule has 0 heterocycles. The number of aliphatic hydroxyl groups excluding tert-OH is 3. The van der Waals surface area contributed by atoms with Gasteiger partial charge in [-0.1, -0.05) is 6.92 Å². The van der Waals surface area contributed by atoms with E-state index in [1.54, 1.807) is 11.9 Å². The molecule has 0 bridgehead atoms. The van der Waals surface area contributed by atoms with Crippen molar-refractivity contribution in [2.75, 3.05) is 40.0 Å². The van der Waals surface area contributed by atoms with Crippen molar-refractivity contribution < 1.29 is 39.1 Å². The molecule has 0 aliphatic heterocycles. The standard InChI is InChI=1S/C15H34NO8P/c1-4-13(17)10-23-9-12(2)24-11-14(18)8-16(3)7-5-6-15(19)25(20,21)22/h12-15,17-19H,4-11H2,1-3H3,(H2,20,21,22). The van der Waals surface area contributed by atoms with Crippen LogP contribution < -0.4 is 0 Å². The van der Waals surface area contributed by atoms with E-state index in [2.05, 4.69) is 0 Å². The Morgan fingerprint density at radius 1 is 1.08 bits per heavy atom. The van der Waals surface area contributed by atoms with Gasteiger partial charge in [0.05, 0.1) is 38.1 Å². The fourth-order valence-corrected chi connectivity index (χ4v) is 2.55. The number of rotatable bonds is 15. The second kappa shape index (κ2) is 13.1. The highest BCUT2D eigenvalue weighted by atomic mass is 31.2. The van der Waals surface area contributed by atoms with Crippen molar-refractivity contribution in [2.45, 2.75) is 57.3 Å². The van der Waals surface area contributed by atoms with Crippen molar-refractivity contribution in [1.82, 2.24) is 4.90 Å². The third-order valence-electron chi connectivity index (χ3n) is 3.62. The first-order valence-electron chi connectivity index (χ1n) is 8.53. The topological polar surface area (TPSA) is 140 Å². The van der Waals surface area contributed by atoms with Gasteiger partial charge in [0.2, 0.25) is 0 Å². The van der Waals surface area contributed by atoms with Crippen molar-refractivity contribution in [3.63, 3.8) is 0 Å². The molecule has 5 N–H and O–H groups in total. The Bertz CT molecular complexity index is 381. The monoisotopic (exact) mass is 387 g/mol. The summed E-state index contributed by atoms with van der Waals surface area (Å²) in [5.74, 6) is -1.64. The van der Waals surface area contributed by atoms with Gasteiger partial charge in [0.1, 0.15) is 0 Å². The van der Waals surface area contributed by atoms with Crippen LogP contribution in [-0.4, -0.2) is 94.1 Å². The number of hydrogen-bond donors (Lipinski definition) is 5. The Balaban J connectivity index is 3.79. The van der Waals surface area contributed by atoms with Crippen LogP contribution in [0.15, 0.2) is 0 Å². The van der Waals surface area contributed by atoms with Gasteiger partial charge in [-0.3, -0.25) is 4.57 Å². The molecule has 4 atom stereocenters. The highest BCUT2D eigenvalue weighted by Crippen LogP contribution is 2.41. The molecule has 4 unspecified atom stereocenters. The molecule has 0 aliphatic rings. The summed E-state index contributed by atoms with van der Waals surface area (Å²) in [5.41, 5.74) is 0. The Morgan fingerprint density at radius 2 is 1.72 bits per heavy atom. The van der Waals surface area contributed by atoms with Crippen LogP contribution in [0, 0.1) is 0 Å². The Kier molecular flexibility index (Phi) is 13.1. The summed E-state index contributed by atoms with van der Waals surface area (Å²) in [5, 5.41) is 28.6. The van der Waals surface area contributed by atoms with Gasteiger partial charge in [-0.25, -0.2) is 0 Å². The molecule has 0 rings (SSSR count). The van der Waals surface area contributed by atoms with Crippen LogP contribution in [0.25, 0.3) is 0 Å². The molecule has 0 aromatic heterocycles. The predicted octanol–water partition coefficient (Wildman–Crippen LogP) is -0.252. The highest BCUT2D eigenvalue weighted by Gasteiger charge is 2.25. The van der Waals surface area contributed by atoms with Crippen molar-refractivity contribution in [3.8, 4) is 0 Å². The molecule has 0 aliphatic carbocycles. The average molecular weight is 387 g/mol. The quantitative estimate of drug-likeness (QED) is 0.241. The lowest BCUT2D eigenvalue weighted by Crippen LogP contribution is -2.34. The number of aliphatic hydroxyl groups is 3. The Morgan fingerprint density at radius 3 is 2.28 bits per heavy atom. The zero-order valence-electron chi connectivity index (χ0n) is 15.3. The lowest BCUT2D eigenvalue weighted by Gasteiger charge is -2.22. The van der Waals surface area contributed by atoms with Gasteiger partial charge in [0.25, 0.3) is 0 Å². The molecule has 10 heteroatoms. The minimum atomic E-state index is -4.44. The number of likely N-dealkylation sites (N-methyl/N-ethyl adjacent to an activating group) is 1. The van der Waals surface area contributed by atoms with Crippen LogP contribution in [0.5, 0.6) is 0 Å². The average Bonchev–Trinajstić information content (AvgIpc) is 2.51. The van der Waals surface area contributed by atoms with Crippen LogP contribution in [-0.2, 0) is 14.0 Å². The molecule has 25 heavy (non-hydrogen) atoms. The zero-order valence-corrected chi connectivity index (χ0v) is 16.2. The van der Waals surface area contributed by atoms with E-state index in [-0.39, 0.29) is 25.7 Å². The van der Waals surface area contributed by atoms with Crippen molar-refractivity contribution in [3.05, 3.63) is 0 Å². The minimum absolute atomic E-state index is 0.000796. The maximum absolute atomic E-state index is 10.8. The lowest BCUT2D eigenvalue weighted by molar-refractivity contribution is -0.0583. The predicted molar refractivity (Wildman–Crippen MR) is 93.3 cm³/mol. The van der Waals surface area contributed by atoms with Gasteiger partial charge in [-0.2, -0.15) is 0 Å². The Hall–Kier alpha value is -0.0900. The highest BCUT2D eigenvalue weighted by molar-refractivity contribution is 7.52. The SMILES string of the molecule is CCC(O)COCC(C)OCC(O)CN(C)CCCC(O)P(=O)(O)O. The summed E-state index contributed by atoms with van der Waals surface area (Å²) in [4.78, 5) is 19.4. The molecule has 0 aromatic carbocycles. The first kappa shape index (κ1) is 24.9. The number of hydrogen-bond acceptors (Lipinski definition) is 7. The van der Waals surface area contributed by atoms with Gasteiger partial charge < -0.3 is 39.5 Å². The van der Waals surface area contributed by atoms with Crippen LogP contribution in [0.3, 0.4) is 0 Å². The molecule has 0 radical (unpaired) electrons. The van der Waals surface area contributed by atoms with Gasteiger partial charge in [-0.05, 0) is 39.8 Å². The maximum atomic E-state index is 10.8. The van der Waals surface area contributed by atoms with Crippen LogP contribution in [0.2, 0.25) is 0 Å². The van der Waals surface area contributed by atoms with E-state index >= 15 is 0 Å². The molecule has 0 saturated heterocycles. The van der Waals surface area contributed by atoms with E-state index in [0.29, 0.717) is 32.5 Å². The van der Waals surface area contributed by atoms with Crippen molar-refractivity contribution in [1.29, 1.82) is 0 Å². The van der Waals surface area contributed by atoms with E-state index in [1.807, 2.05) is 13.8 Å². The fraction of sp³-hybridized carbons (Fsp3) is 1.00. The van der Waals surface area contributed by atoms with Crippen molar-refractivity contribution >= 4 is 7.60 Å². The summed E-state index contributed by atoms with van der Waals surface area (Å²) in [6.45, 7) is 5.24. The molecular formula is C15H34NO8P. The molecule has 0 aromatic rings. The summed E-state index contributed by atoms with van der Waals surface area (Å²) >= 11 is 0. The van der Waals surface area contributed by atoms with Crippen LogP contribution in [0.1, 0.15) is 33.1 Å². The molecule has 0 fully saturated rings. The second-order valence-electron chi connectivity index (χ2n) is 6.37. The van der Waals surface area contributed by atoms with E-state index < -0.39 is 25.6 Å². The molecule has 0 amide bonds. The smallest absolute Gasteiger partial charge is 0.353 e. The molecule has 152 valence electrons. The van der Waals surface area contributed by atoms with Gasteiger partial charge in [0, 0.05) is 6.54 Å². The Labute approximate surface area is 149 Å². The number of ether oxygens (including phenoxy) is 2. The van der Waals surface area contributed by atoms with Gasteiger partial charge in [0.15, 0.2) is 5.85 Å². The molecule has 0 saturated carbocycles. The first-order chi connectivity index (χ1) is 11.6. The zero-order chi connectivity index (χ0) is 19.5. The van der Waals surface area contributed by atoms with Gasteiger partial charge in [-0.15, -0.1) is 0 Å².